The monoisotopic (exact) mass is 317 g/mol. The molecule has 0 spiro atoms. The van der Waals surface area contributed by atoms with Crippen molar-refractivity contribution in [3.05, 3.63) is 29.8 Å². The van der Waals surface area contributed by atoms with Crippen molar-refractivity contribution in [2.75, 3.05) is 14.2 Å². The van der Waals surface area contributed by atoms with Gasteiger partial charge in [0.05, 0.1) is 7.11 Å². The molecule has 3 rings (SSSR count). The van der Waals surface area contributed by atoms with Crippen molar-refractivity contribution in [1.29, 1.82) is 0 Å². The topological polar surface area (TPSA) is 59.0 Å². The van der Waals surface area contributed by atoms with E-state index in [9.17, 15) is 9.90 Å². The van der Waals surface area contributed by atoms with Crippen LogP contribution in [0.15, 0.2) is 24.3 Å². The molecule has 0 radical (unpaired) electrons. The highest BCUT2D eigenvalue weighted by Crippen LogP contribution is 2.35. The number of piperidine rings is 1. The predicted molar refractivity (Wildman–Crippen MR) is 87.4 cm³/mol. The van der Waals surface area contributed by atoms with E-state index in [0.717, 1.165) is 18.4 Å². The van der Waals surface area contributed by atoms with Crippen LogP contribution in [-0.4, -0.2) is 48.3 Å². The third-order valence-electron chi connectivity index (χ3n) is 4.95. The molecule has 0 aliphatic carbocycles. The number of hydrogen-bond donors (Lipinski definition) is 1. The zero-order valence-electron chi connectivity index (χ0n) is 13.6. The third-order valence-corrected chi connectivity index (χ3v) is 4.95. The molecule has 23 heavy (non-hydrogen) atoms. The van der Waals surface area contributed by atoms with Crippen LogP contribution in [0, 0.1) is 0 Å². The summed E-state index contributed by atoms with van der Waals surface area (Å²) in [5.74, 6) is 0.146. The van der Waals surface area contributed by atoms with Gasteiger partial charge in [0.25, 0.3) is 0 Å². The number of phenols is 1. The van der Waals surface area contributed by atoms with Gasteiger partial charge in [-0.1, -0.05) is 6.07 Å². The van der Waals surface area contributed by atoms with E-state index in [0.29, 0.717) is 17.8 Å². The van der Waals surface area contributed by atoms with Crippen molar-refractivity contribution < 1.29 is 19.4 Å². The molecule has 2 bridgehead atoms. The largest absolute Gasteiger partial charge is 0.504 e. The Balaban J connectivity index is 1.57. The molecule has 0 saturated carbocycles. The lowest BCUT2D eigenvalue weighted by Crippen LogP contribution is -2.43. The first kappa shape index (κ1) is 15.9. The number of nitrogens with zero attached hydrogens (tertiary/aromatic N) is 1. The number of fused-ring (bicyclic) bond motifs is 2. The maximum Gasteiger partial charge on any atom is 0.331 e. The SMILES string of the molecule is COc1cc(/C=C/C(=O)OC2C[C@H]3CC[C@@H](C2)N3C)ccc1O. The molecule has 0 amide bonds. The Morgan fingerprint density at radius 2 is 2.00 bits per heavy atom. The molecule has 3 atom stereocenters. The quantitative estimate of drug-likeness (QED) is 0.683. The Bertz CT molecular complexity index is 599. The molecule has 2 saturated heterocycles. The van der Waals surface area contributed by atoms with Crippen LogP contribution in [0.3, 0.4) is 0 Å². The van der Waals surface area contributed by atoms with Crippen LogP contribution in [0.2, 0.25) is 0 Å². The van der Waals surface area contributed by atoms with Gasteiger partial charge in [0.15, 0.2) is 11.5 Å². The van der Waals surface area contributed by atoms with E-state index < -0.39 is 0 Å². The van der Waals surface area contributed by atoms with E-state index in [4.69, 9.17) is 9.47 Å². The van der Waals surface area contributed by atoms with Gasteiger partial charge in [-0.05, 0) is 43.7 Å². The van der Waals surface area contributed by atoms with Gasteiger partial charge in [0.1, 0.15) is 6.10 Å². The predicted octanol–water partition coefficient (Wildman–Crippen LogP) is 2.58. The summed E-state index contributed by atoms with van der Waals surface area (Å²) < 4.78 is 10.6. The number of carbonyl (C=O) groups is 1. The molecule has 1 N–H and O–H groups in total. The van der Waals surface area contributed by atoms with Crippen molar-refractivity contribution >= 4 is 12.0 Å². The molecule has 124 valence electrons. The highest BCUT2D eigenvalue weighted by atomic mass is 16.5. The van der Waals surface area contributed by atoms with E-state index >= 15 is 0 Å². The lowest BCUT2D eigenvalue weighted by molar-refractivity contribution is -0.146. The number of ether oxygens (including phenoxy) is 2. The summed E-state index contributed by atoms with van der Waals surface area (Å²) in [5, 5.41) is 9.56. The van der Waals surface area contributed by atoms with Gasteiger partial charge >= 0.3 is 5.97 Å². The molecule has 2 fully saturated rings. The van der Waals surface area contributed by atoms with Crippen molar-refractivity contribution in [2.45, 2.75) is 43.9 Å². The van der Waals surface area contributed by atoms with E-state index in [1.807, 2.05) is 0 Å². The summed E-state index contributed by atoms with van der Waals surface area (Å²) in [4.78, 5) is 14.4. The Morgan fingerprint density at radius 3 is 2.65 bits per heavy atom. The minimum atomic E-state index is -0.314. The fourth-order valence-electron chi connectivity index (χ4n) is 3.62. The molecule has 1 aromatic carbocycles. The van der Waals surface area contributed by atoms with Crippen LogP contribution in [0.5, 0.6) is 11.5 Å². The molecule has 2 aliphatic rings. The lowest BCUT2D eigenvalue weighted by atomic mass is 10.0. The smallest absolute Gasteiger partial charge is 0.331 e. The minimum absolute atomic E-state index is 0.0233. The van der Waals surface area contributed by atoms with Crippen LogP contribution in [0.4, 0.5) is 0 Å². The number of methoxy groups -OCH3 is 1. The Hall–Kier alpha value is -2.01. The third kappa shape index (κ3) is 3.50. The minimum Gasteiger partial charge on any atom is -0.504 e. The Kier molecular flexibility index (Phi) is 4.57. The van der Waals surface area contributed by atoms with Crippen LogP contribution in [-0.2, 0) is 9.53 Å². The second-order valence-electron chi connectivity index (χ2n) is 6.35. The molecular formula is C18H23NO4. The van der Waals surface area contributed by atoms with E-state index in [-0.39, 0.29) is 17.8 Å². The summed E-state index contributed by atoms with van der Waals surface area (Å²) in [6.45, 7) is 0. The number of hydrogen-bond acceptors (Lipinski definition) is 5. The van der Waals surface area contributed by atoms with Gasteiger partial charge in [-0.3, -0.25) is 0 Å². The first-order valence-corrected chi connectivity index (χ1v) is 8.04. The summed E-state index contributed by atoms with van der Waals surface area (Å²) in [5.41, 5.74) is 0.778. The van der Waals surface area contributed by atoms with Crippen molar-refractivity contribution in [3.8, 4) is 11.5 Å². The van der Waals surface area contributed by atoms with Gasteiger partial charge in [0, 0.05) is 31.0 Å². The van der Waals surface area contributed by atoms with Gasteiger partial charge in [-0.15, -0.1) is 0 Å². The van der Waals surface area contributed by atoms with Gasteiger partial charge in [-0.2, -0.15) is 0 Å². The molecule has 2 aliphatic heterocycles. The molecule has 1 unspecified atom stereocenters. The average Bonchev–Trinajstić information content (AvgIpc) is 2.75. The van der Waals surface area contributed by atoms with Crippen molar-refractivity contribution in [2.24, 2.45) is 0 Å². The summed E-state index contributed by atoms with van der Waals surface area (Å²) in [6, 6.07) is 6.04. The van der Waals surface area contributed by atoms with Crippen LogP contribution in [0.1, 0.15) is 31.2 Å². The second-order valence-corrected chi connectivity index (χ2v) is 6.35. The summed E-state index contributed by atoms with van der Waals surface area (Å²) in [7, 11) is 3.66. The second kappa shape index (κ2) is 6.62. The molecule has 2 heterocycles. The first-order chi connectivity index (χ1) is 11.1. The first-order valence-electron chi connectivity index (χ1n) is 8.04. The average molecular weight is 317 g/mol. The number of aromatic hydroxyl groups is 1. The summed E-state index contributed by atoms with van der Waals surface area (Å²) in [6.07, 6.45) is 7.41. The Labute approximate surface area is 136 Å². The van der Waals surface area contributed by atoms with Gasteiger partial charge in [-0.25, -0.2) is 4.79 Å². The number of phenolic OH excluding ortho intramolecular Hbond substituents is 1. The van der Waals surface area contributed by atoms with Crippen LogP contribution < -0.4 is 4.74 Å². The molecule has 5 heteroatoms. The maximum absolute atomic E-state index is 12.0. The standard InChI is InChI=1S/C18H23NO4/c1-19-13-5-6-14(19)11-15(10-13)23-18(21)8-4-12-3-7-16(20)17(9-12)22-2/h3-4,7-9,13-15,20H,5-6,10-11H2,1-2H3/b8-4+/t13-,14+,15?. The highest BCUT2D eigenvalue weighted by molar-refractivity contribution is 5.87. The van der Waals surface area contributed by atoms with E-state index in [1.165, 1.54) is 26.0 Å². The molecular weight excluding hydrogens is 294 g/mol. The fourth-order valence-corrected chi connectivity index (χ4v) is 3.62. The zero-order valence-corrected chi connectivity index (χ0v) is 13.6. The molecule has 5 nitrogen and oxygen atoms in total. The van der Waals surface area contributed by atoms with Gasteiger partial charge in [0.2, 0.25) is 0 Å². The van der Waals surface area contributed by atoms with Crippen LogP contribution in [0.25, 0.3) is 6.08 Å². The Morgan fingerprint density at radius 1 is 1.30 bits per heavy atom. The number of esters is 1. The number of carbonyl (C=O) groups excluding carboxylic acids is 1. The normalized spacial score (nSPS) is 27.3. The maximum atomic E-state index is 12.0. The molecule has 1 aromatic rings. The zero-order chi connectivity index (χ0) is 16.4. The fraction of sp³-hybridized carbons (Fsp3) is 0.500. The number of benzene rings is 1. The summed E-state index contributed by atoms with van der Waals surface area (Å²) >= 11 is 0. The van der Waals surface area contributed by atoms with E-state index in [2.05, 4.69) is 11.9 Å². The van der Waals surface area contributed by atoms with Crippen molar-refractivity contribution in [3.63, 3.8) is 0 Å². The van der Waals surface area contributed by atoms with Gasteiger partial charge < -0.3 is 19.5 Å². The lowest BCUT2D eigenvalue weighted by Gasteiger charge is -2.35. The number of rotatable bonds is 4. The molecule has 0 aromatic heterocycles. The van der Waals surface area contributed by atoms with E-state index in [1.54, 1.807) is 24.3 Å². The highest BCUT2D eigenvalue weighted by Gasteiger charge is 2.39. The van der Waals surface area contributed by atoms with Crippen LogP contribution >= 0.6 is 0 Å². The van der Waals surface area contributed by atoms with Crippen molar-refractivity contribution in [1.82, 2.24) is 4.90 Å².